The molecule has 0 radical (unpaired) electrons. The van der Waals surface area contributed by atoms with Gasteiger partial charge >= 0.3 is 0 Å². The molecule has 2 aliphatic carbocycles. The Balaban J connectivity index is 1.59. The Morgan fingerprint density at radius 1 is 0.923 bits per heavy atom. The number of nitrogens with zero attached hydrogens (tertiary/aromatic N) is 4. The summed E-state index contributed by atoms with van der Waals surface area (Å²) in [6.45, 7) is 1.95. The summed E-state index contributed by atoms with van der Waals surface area (Å²) in [6.07, 6.45) is 5.82. The Kier molecular flexibility index (Phi) is 6.79. The zero-order chi connectivity index (χ0) is 26.9. The SMILES string of the molecule is COC1CCC(/N=c2\cc3n(-c4ccc(F)c(F)c4)c4ccccc4nc-3cc2Nc2cccnc2C)CC1. The Hall–Kier alpha value is -4.17. The molecule has 198 valence electrons. The average molecular weight is 526 g/mol. The van der Waals surface area contributed by atoms with Crippen molar-refractivity contribution in [3.63, 3.8) is 0 Å². The maximum atomic E-state index is 14.4. The predicted octanol–water partition coefficient (Wildman–Crippen LogP) is 6.71. The molecular formula is C31H29F2N5O. The van der Waals surface area contributed by atoms with Crippen LogP contribution in [0.4, 0.5) is 20.2 Å². The predicted molar refractivity (Wildman–Crippen MR) is 148 cm³/mol. The summed E-state index contributed by atoms with van der Waals surface area (Å²) in [6, 6.07) is 19.6. The first-order chi connectivity index (χ1) is 19.0. The van der Waals surface area contributed by atoms with Crippen LogP contribution in [0.15, 0.2) is 77.9 Å². The topological polar surface area (TPSA) is 64.3 Å². The summed E-state index contributed by atoms with van der Waals surface area (Å²) in [7, 11) is 1.76. The van der Waals surface area contributed by atoms with Crippen LogP contribution in [0.3, 0.4) is 0 Å². The van der Waals surface area contributed by atoms with E-state index in [0.717, 1.165) is 70.9 Å². The van der Waals surface area contributed by atoms with Gasteiger partial charge in [0.2, 0.25) is 0 Å². The lowest BCUT2D eigenvalue weighted by molar-refractivity contribution is 0.0663. The Morgan fingerprint density at radius 2 is 1.74 bits per heavy atom. The second-order valence-electron chi connectivity index (χ2n) is 9.95. The molecule has 39 heavy (non-hydrogen) atoms. The van der Waals surface area contributed by atoms with Crippen molar-refractivity contribution in [2.45, 2.75) is 44.8 Å². The van der Waals surface area contributed by atoms with Crippen LogP contribution < -0.4 is 10.7 Å². The number of methoxy groups -OCH3 is 1. The largest absolute Gasteiger partial charge is 0.381 e. The summed E-state index contributed by atoms with van der Waals surface area (Å²) in [5, 5.41) is 4.30. The van der Waals surface area contributed by atoms with Gasteiger partial charge in [-0.25, -0.2) is 13.8 Å². The fourth-order valence-electron chi connectivity index (χ4n) is 5.32. The molecule has 0 unspecified atom stereocenters. The number of halogens is 2. The number of fused-ring (bicyclic) bond motifs is 2. The number of para-hydroxylation sites is 2. The molecule has 0 amide bonds. The summed E-state index contributed by atoms with van der Waals surface area (Å²) < 4.78 is 35.8. The van der Waals surface area contributed by atoms with Crippen molar-refractivity contribution < 1.29 is 13.5 Å². The van der Waals surface area contributed by atoms with Crippen LogP contribution in [0.1, 0.15) is 31.4 Å². The van der Waals surface area contributed by atoms with Gasteiger partial charge in [0.05, 0.1) is 57.0 Å². The van der Waals surface area contributed by atoms with Crippen molar-refractivity contribution in [2.24, 2.45) is 4.99 Å². The van der Waals surface area contributed by atoms with Gasteiger partial charge in [0.1, 0.15) is 0 Å². The minimum absolute atomic E-state index is 0.148. The van der Waals surface area contributed by atoms with Crippen molar-refractivity contribution in [1.82, 2.24) is 14.5 Å². The molecule has 0 spiro atoms. The summed E-state index contributed by atoms with van der Waals surface area (Å²) in [4.78, 5) is 14.5. The first-order valence-electron chi connectivity index (χ1n) is 13.2. The maximum Gasteiger partial charge on any atom is 0.160 e. The van der Waals surface area contributed by atoms with E-state index in [4.69, 9.17) is 14.7 Å². The van der Waals surface area contributed by atoms with Crippen molar-refractivity contribution in [3.05, 3.63) is 95.6 Å². The number of anilines is 2. The fraction of sp³-hybridized carbons (Fsp3) is 0.258. The Bertz CT molecular complexity index is 1690. The smallest absolute Gasteiger partial charge is 0.160 e. The first-order valence-corrected chi connectivity index (χ1v) is 13.2. The molecule has 1 fully saturated rings. The van der Waals surface area contributed by atoms with Crippen molar-refractivity contribution >= 4 is 22.4 Å². The number of hydrogen-bond donors (Lipinski definition) is 1. The third-order valence-electron chi connectivity index (χ3n) is 7.43. The highest BCUT2D eigenvalue weighted by Crippen LogP contribution is 2.31. The van der Waals surface area contributed by atoms with Gasteiger partial charge in [-0.15, -0.1) is 0 Å². The number of rotatable bonds is 5. The van der Waals surface area contributed by atoms with Crippen molar-refractivity contribution in [2.75, 3.05) is 12.4 Å². The van der Waals surface area contributed by atoms with E-state index in [0.29, 0.717) is 11.4 Å². The van der Waals surface area contributed by atoms with E-state index in [2.05, 4.69) is 10.3 Å². The highest BCUT2D eigenvalue weighted by Gasteiger charge is 2.22. The molecule has 3 aliphatic rings. The summed E-state index contributed by atoms with van der Waals surface area (Å²) in [5.74, 6) is -1.79. The Labute approximate surface area is 225 Å². The second-order valence-corrected chi connectivity index (χ2v) is 9.95. The number of nitrogens with one attached hydrogen (secondary N) is 1. The van der Waals surface area contributed by atoms with Gasteiger partial charge in [-0.2, -0.15) is 0 Å². The molecule has 0 bridgehead atoms. The lowest BCUT2D eigenvalue weighted by Crippen LogP contribution is -2.25. The lowest BCUT2D eigenvalue weighted by atomic mass is 9.93. The van der Waals surface area contributed by atoms with Gasteiger partial charge in [0.15, 0.2) is 11.6 Å². The molecule has 2 aromatic carbocycles. The van der Waals surface area contributed by atoms with E-state index in [9.17, 15) is 8.78 Å². The molecule has 0 saturated heterocycles. The van der Waals surface area contributed by atoms with Crippen LogP contribution in [0.25, 0.3) is 28.1 Å². The maximum absolute atomic E-state index is 14.4. The molecule has 1 saturated carbocycles. The van der Waals surface area contributed by atoms with Crippen molar-refractivity contribution in [3.8, 4) is 17.1 Å². The van der Waals surface area contributed by atoms with Crippen LogP contribution in [0.5, 0.6) is 0 Å². The van der Waals surface area contributed by atoms with Crippen molar-refractivity contribution in [1.29, 1.82) is 0 Å². The first kappa shape index (κ1) is 25.1. The monoisotopic (exact) mass is 525 g/mol. The normalized spacial score (nSPS) is 18.1. The highest BCUT2D eigenvalue weighted by molar-refractivity contribution is 5.84. The summed E-state index contributed by atoms with van der Waals surface area (Å²) in [5.41, 5.74) is 6.03. The quantitative estimate of drug-likeness (QED) is 0.259. The van der Waals surface area contributed by atoms with Gasteiger partial charge in [-0.05, 0) is 81.1 Å². The minimum atomic E-state index is -0.904. The fourth-order valence-corrected chi connectivity index (χ4v) is 5.32. The van der Waals surface area contributed by atoms with Gasteiger partial charge < -0.3 is 14.6 Å². The van der Waals surface area contributed by atoms with Gasteiger partial charge in [-0.3, -0.25) is 9.98 Å². The molecule has 1 aromatic heterocycles. The third-order valence-corrected chi connectivity index (χ3v) is 7.43. The van der Waals surface area contributed by atoms with E-state index < -0.39 is 11.6 Å². The number of ether oxygens (including phenoxy) is 1. The molecule has 0 atom stereocenters. The number of hydrogen-bond acceptors (Lipinski definition) is 5. The lowest BCUT2D eigenvalue weighted by Gasteiger charge is -2.25. The van der Waals surface area contributed by atoms with E-state index in [1.807, 2.05) is 60.0 Å². The average Bonchev–Trinajstić information content (AvgIpc) is 2.95. The van der Waals surface area contributed by atoms with E-state index >= 15 is 0 Å². The minimum Gasteiger partial charge on any atom is -0.381 e. The van der Waals surface area contributed by atoms with Gasteiger partial charge in [0, 0.05) is 25.1 Å². The standard InChI is InChI=1S/C31H29F2N5O/c1-19-25(7-5-15-34-19)36-27-17-29-31(18-28(27)35-20-9-12-22(39-2)13-10-20)38(21-11-14-23(32)24(33)16-21)30-8-4-3-6-26(30)37-29/h3-8,11,14-18,20,22,36H,9-10,12-13H2,1-2H3/b35-28+. The van der Waals surface area contributed by atoms with Crippen LogP contribution in [0, 0.1) is 18.6 Å². The number of benzene rings is 3. The number of aryl methyl sites for hydroxylation is 1. The van der Waals surface area contributed by atoms with Gasteiger partial charge in [-0.1, -0.05) is 12.1 Å². The van der Waals surface area contributed by atoms with Crippen LogP contribution in [-0.2, 0) is 4.74 Å². The molecular weight excluding hydrogens is 496 g/mol. The molecule has 1 N–H and O–H groups in total. The van der Waals surface area contributed by atoms with E-state index in [1.165, 1.54) is 6.07 Å². The molecule has 6 nitrogen and oxygen atoms in total. The molecule has 8 heteroatoms. The second kappa shape index (κ2) is 10.5. The van der Waals surface area contributed by atoms with E-state index in [-0.39, 0.29) is 12.1 Å². The third kappa shape index (κ3) is 5.00. The zero-order valence-corrected chi connectivity index (χ0v) is 21.9. The van der Waals surface area contributed by atoms with Crippen LogP contribution >= 0.6 is 0 Å². The number of aromatic nitrogens is 3. The van der Waals surface area contributed by atoms with Gasteiger partial charge in [0.25, 0.3) is 0 Å². The highest BCUT2D eigenvalue weighted by atomic mass is 19.2. The molecule has 3 aromatic rings. The molecule has 2 heterocycles. The van der Waals surface area contributed by atoms with E-state index in [1.54, 1.807) is 19.4 Å². The zero-order valence-electron chi connectivity index (χ0n) is 21.9. The summed E-state index contributed by atoms with van der Waals surface area (Å²) >= 11 is 0. The Morgan fingerprint density at radius 3 is 2.51 bits per heavy atom. The number of pyridine rings is 1. The van der Waals surface area contributed by atoms with Crippen LogP contribution in [0.2, 0.25) is 0 Å². The molecule has 6 rings (SSSR count). The van der Waals surface area contributed by atoms with Crippen LogP contribution in [-0.4, -0.2) is 33.8 Å². The molecule has 1 aliphatic heterocycles.